The lowest BCUT2D eigenvalue weighted by Gasteiger charge is -2.23. The number of carbonyl (C=O) groups is 2. The van der Waals surface area contributed by atoms with Crippen LogP contribution in [0.2, 0.25) is 0 Å². The van der Waals surface area contributed by atoms with Crippen molar-refractivity contribution >= 4 is 28.8 Å². The molecule has 7 nitrogen and oxygen atoms in total. The van der Waals surface area contributed by atoms with Crippen LogP contribution in [0, 0.1) is 0 Å². The Kier molecular flexibility index (Phi) is 5.06. The lowest BCUT2D eigenvalue weighted by molar-refractivity contribution is -0.130. The first-order chi connectivity index (χ1) is 14.6. The van der Waals surface area contributed by atoms with Crippen molar-refractivity contribution in [2.45, 2.75) is 57.3 Å². The summed E-state index contributed by atoms with van der Waals surface area (Å²) in [6, 6.07) is 5.44. The first-order valence-electron chi connectivity index (χ1n) is 10.5. The second-order valence-corrected chi connectivity index (χ2v) is 9.20. The van der Waals surface area contributed by atoms with Crippen molar-refractivity contribution in [1.29, 1.82) is 0 Å². The van der Waals surface area contributed by atoms with Gasteiger partial charge in [0, 0.05) is 34.0 Å². The van der Waals surface area contributed by atoms with Gasteiger partial charge in [0.15, 0.2) is 0 Å². The van der Waals surface area contributed by atoms with Gasteiger partial charge < -0.3 is 25.5 Å². The summed E-state index contributed by atoms with van der Waals surface area (Å²) in [6.07, 6.45) is 4.20. The highest BCUT2D eigenvalue weighted by atomic mass is 16.6. The third-order valence-corrected chi connectivity index (χ3v) is 6.40. The number of epoxide rings is 1. The van der Waals surface area contributed by atoms with Gasteiger partial charge in [0.2, 0.25) is 5.91 Å². The molecule has 0 aliphatic carbocycles. The molecule has 0 spiro atoms. The molecule has 4 N–H and O–H groups in total. The van der Waals surface area contributed by atoms with Gasteiger partial charge in [-0.05, 0) is 25.5 Å². The molecule has 2 aliphatic rings. The van der Waals surface area contributed by atoms with E-state index in [9.17, 15) is 14.7 Å². The highest BCUT2D eigenvalue weighted by molar-refractivity contribution is 6.08. The predicted octanol–water partition coefficient (Wildman–Crippen LogP) is 2.30. The SMILES string of the molecule is C=CC(C)(C)c1[nH]c2c(CC3OC3(C)CO)cccc2c1/C=C1/NC(=O)[C@H](C)NC1=O. The smallest absolute Gasteiger partial charge is 0.268 e. The molecule has 31 heavy (non-hydrogen) atoms. The zero-order chi connectivity index (χ0) is 22.6. The van der Waals surface area contributed by atoms with Crippen LogP contribution in [0.4, 0.5) is 0 Å². The molecule has 2 aromatic rings. The van der Waals surface area contributed by atoms with E-state index in [0.717, 1.165) is 27.7 Å². The number of aliphatic hydroxyl groups is 1. The number of H-pyrrole nitrogens is 1. The summed E-state index contributed by atoms with van der Waals surface area (Å²) >= 11 is 0. The largest absolute Gasteiger partial charge is 0.393 e. The molecule has 2 saturated heterocycles. The summed E-state index contributed by atoms with van der Waals surface area (Å²) in [5, 5.41) is 15.9. The Morgan fingerprint density at radius 3 is 2.71 bits per heavy atom. The van der Waals surface area contributed by atoms with Gasteiger partial charge in [-0.2, -0.15) is 0 Å². The number of fused-ring (bicyclic) bond motifs is 1. The van der Waals surface area contributed by atoms with E-state index in [0.29, 0.717) is 6.42 Å². The van der Waals surface area contributed by atoms with E-state index in [1.165, 1.54) is 0 Å². The van der Waals surface area contributed by atoms with Gasteiger partial charge in [0.25, 0.3) is 5.91 Å². The predicted molar refractivity (Wildman–Crippen MR) is 119 cm³/mol. The zero-order valence-corrected chi connectivity index (χ0v) is 18.3. The molecule has 2 fully saturated rings. The van der Waals surface area contributed by atoms with Crippen molar-refractivity contribution in [3.8, 4) is 0 Å². The Morgan fingerprint density at radius 1 is 1.32 bits per heavy atom. The Hall–Kier alpha value is -2.90. The van der Waals surface area contributed by atoms with Crippen molar-refractivity contribution in [2.75, 3.05) is 6.61 Å². The van der Waals surface area contributed by atoms with E-state index in [2.05, 4.69) is 22.2 Å². The number of allylic oxidation sites excluding steroid dienone is 1. The number of aliphatic hydroxyl groups excluding tert-OH is 1. The summed E-state index contributed by atoms with van der Waals surface area (Å²) in [5.41, 5.74) is 3.07. The standard InChI is InChI=1S/C24H29N3O4/c1-6-23(3,4)20-16(11-17-22(30)25-13(2)21(29)26-17)15-9-7-8-14(19(15)27-20)10-18-24(5,12-28)31-18/h6-9,11,13,18,27-28H,1,10,12H2,2-5H3,(H,25,30)(H,26,29)/b17-11+/t13-,18?,24?/m0/s1. The maximum absolute atomic E-state index is 12.5. The van der Waals surface area contributed by atoms with E-state index in [-0.39, 0.29) is 30.2 Å². The summed E-state index contributed by atoms with van der Waals surface area (Å²) in [5.74, 6) is -0.560. The summed E-state index contributed by atoms with van der Waals surface area (Å²) in [4.78, 5) is 28.2. The number of hydrogen-bond acceptors (Lipinski definition) is 4. The molecule has 164 valence electrons. The fraction of sp³-hybridized carbons (Fsp3) is 0.417. The number of ether oxygens (including phenoxy) is 1. The number of carbonyl (C=O) groups excluding carboxylic acids is 2. The molecule has 1 aromatic carbocycles. The van der Waals surface area contributed by atoms with E-state index in [4.69, 9.17) is 4.74 Å². The fourth-order valence-electron chi connectivity index (χ4n) is 4.00. The number of rotatable bonds is 6. The van der Waals surface area contributed by atoms with Crippen molar-refractivity contribution in [3.05, 3.63) is 53.4 Å². The van der Waals surface area contributed by atoms with Crippen molar-refractivity contribution < 1.29 is 19.4 Å². The lowest BCUT2D eigenvalue weighted by Crippen LogP contribution is -2.53. The molecule has 1 aromatic heterocycles. The fourth-order valence-corrected chi connectivity index (χ4v) is 4.00. The number of para-hydroxylation sites is 1. The van der Waals surface area contributed by atoms with Crippen LogP contribution in [0.15, 0.2) is 36.6 Å². The molecule has 0 radical (unpaired) electrons. The number of benzene rings is 1. The molecule has 3 atom stereocenters. The van der Waals surface area contributed by atoms with Crippen LogP contribution in [0.25, 0.3) is 17.0 Å². The third-order valence-electron chi connectivity index (χ3n) is 6.40. The first-order valence-corrected chi connectivity index (χ1v) is 10.5. The number of hydrogen-bond donors (Lipinski definition) is 4. The van der Waals surface area contributed by atoms with Crippen molar-refractivity contribution in [1.82, 2.24) is 15.6 Å². The Labute approximate surface area is 181 Å². The average Bonchev–Trinajstić information content (AvgIpc) is 3.22. The molecule has 0 saturated carbocycles. The number of aromatic amines is 1. The quantitative estimate of drug-likeness (QED) is 0.325. The Bertz CT molecular complexity index is 1110. The highest BCUT2D eigenvalue weighted by Gasteiger charge is 2.51. The molecule has 7 heteroatoms. The van der Waals surface area contributed by atoms with Crippen LogP contribution in [0.3, 0.4) is 0 Å². The molecule has 0 bridgehead atoms. The monoisotopic (exact) mass is 423 g/mol. The molecule has 3 heterocycles. The van der Waals surface area contributed by atoms with E-state index in [1.54, 1.807) is 13.0 Å². The molecule has 2 unspecified atom stereocenters. The van der Waals surface area contributed by atoms with Gasteiger partial charge in [0.05, 0.1) is 12.7 Å². The average molecular weight is 424 g/mol. The first kappa shape index (κ1) is 21.3. The van der Waals surface area contributed by atoms with Gasteiger partial charge in [-0.15, -0.1) is 6.58 Å². The number of nitrogens with one attached hydrogen (secondary N) is 3. The Morgan fingerprint density at radius 2 is 2.06 bits per heavy atom. The number of amides is 2. The topological polar surface area (TPSA) is 107 Å². The molecule has 2 amide bonds. The van der Waals surface area contributed by atoms with Gasteiger partial charge >= 0.3 is 0 Å². The second-order valence-electron chi connectivity index (χ2n) is 9.20. The van der Waals surface area contributed by atoms with Crippen LogP contribution >= 0.6 is 0 Å². The Balaban J connectivity index is 1.84. The number of aromatic nitrogens is 1. The van der Waals surface area contributed by atoms with Crippen molar-refractivity contribution in [2.24, 2.45) is 0 Å². The molecular weight excluding hydrogens is 394 g/mol. The maximum atomic E-state index is 12.5. The van der Waals surface area contributed by atoms with E-state index in [1.807, 2.05) is 45.0 Å². The van der Waals surface area contributed by atoms with Crippen molar-refractivity contribution in [3.63, 3.8) is 0 Å². The zero-order valence-electron chi connectivity index (χ0n) is 18.3. The van der Waals surface area contributed by atoms with Gasteiger partial charge in [0.1, 0.15) is 17.3 Å². The second kappa shape index (κ2) is 7.35. The number of piperazine rings is 1. The van der Waals surface area contributed by atoms with Gasteiger partial charge in [-0.25, -0.2) is 0 Å². The van der Waals surface area contributed by atoms with Crippen LogP contribution in [-0.2, 0) is 26.2 Å². The maximum Gasteiger partial charge on any atom is 0.268 e. The molecular formula is C24H29N3O4. The van der Waals surface area contributed by atoms with Gasteiger partial charge in [-0.3, -0.25) is 9.59 Å². The minimum absolute atomic E-state index is 0.0162. The minimum Gasteiger partial charge on any atom is -0.393 e. The molecule has 2 aliphatic heterocycles. The van der Waals surface area contributed by atoms with E-state index < -0.39 is 17.1 Å². The van der Waals surface area contributed by atoms with Crippen LogP contribution < -0.4 is 10.6 Å². The summed E-state index contributed by atoms with van der Waals surface area (Å²) in [6.45, 7) is 11.6. The van der Waals surface area contributed by atoms with Crippen LogP contribution in [0.5, 0.6) is 0 Å². The van der Waals surface area contributed by atoms with Crippen LogP contribution in [-0.4, -0.2) is 46.3 Å². The molecule has 4 rings (SSSR count). The highest BCUT2D eigenvalue weighted by Crippen LogP contribution is 2.40. The summed E-state index contributed by atoms with van der Waals surface area (Å²) < 4.78 is 5.70. The minimum atomic E-state index is -0.567. The normalized spacial score (nSPS) is 27.3. The lowest BCUT2D eigenvalue weighted by atomic mass is 9.86. The van der Waals surface area contributed by atoms with Crippen LogP contribution in [0.1, 0.15) is 44.5 Å². The van der Waals surface area contributed by atoms with E-state index >= 15 is 0 Å². The van der Waals surface area contributed by atoms with Gasteiger partial charge in [-0.1, -0.05) is 38.1 Å². The third kappa shape index (κ3) is 3.68. The summed E-state index contributed by atoms with van der Waals surface area (Å²) in [7, 11) is 0.